The van der Waals surface area contributed by atoms with Gasteiger partial charge in [-0.1, -0.05) is 49.2 Å². The van der Waals surface area contributed by atoms with Crippen LogP contribution in [0.25, 0.3) is 0 Å². The molecule has 98 valence electrons. The van der Waals surface area contributed by atoms with Crippen molar-refractivity contribution >= 4 is 17.3 Å². The third-order valence-electron chi connectivity index (χ3n) is 3.88. The number of hydrogen-bond acceptors (Lipinski definition) is 2. The van der Waals surface area contributed by atoms with Gasteiger partial charge in [0.25, 0.3) is 0 Å². The second-order valence-corrected chi connectivity index (χ2v) is 6.02. The molecule has 2 rings (SSSR count). The molecule has 0 radical (unpaired) electrons. The van der Waals surface area contributed by atoms with Gasteiger partial charge in [-0.3, -0.25) is 0 Å². The van der Waals surface area contributed by atoms with Gasteiger partial charge in [-0.2, -0.15) is 0 Å². The van der Waals surface area contributed by atoms with Crippen LogP contribution in [0.15, 0.2) is 29.4 Å². The van der Waals surface area contributed by atoms with E-state index in [1.165, 1.54) is 12.0 Å². The first-order valence-electron chi connectivity index (χ1n) is 6.56. The highest BCUT2D eigenvalue weighted by molar-refractivity contribution is 6.30. The summed E-state index contributed by atoms with van der Waals surface area (Å²) in [5, 5.41) is 13.7. The zero-order chi connectivity index (χ0) is 13.2. The van der Waals surface area contributed by atoms with Crippen molar-refractivity contribution in [1.29, 1.82) is 0 Å². The average molecular weight is 266 g/mol. The summed E-state index contributed by atoms with van der Waals surface area (Å²) in [5.41, 5.74) is 2.10. The Hall–Kier alpha value is -1.02. The van der Waals surface area contributed by atoms with Crippen molar-refractivity contribution in [3.63, 3.8) is 0 Å². The van der Waals surface area contributed by atoms with E-state index in [9.17, 15) is 5.21 Å². The minimum Gasteiger partial charge on any atom is -0.411 e. The van der Waals surface area contributed by atoms with Crippen LogP contribution in [0.1, 0.15) is 45.1 Å². The van der Waals surface area contributed by atoms with E-state index in [0.717, 1.165) is 30.0 Å². The second kappa shape index (κ2) is 5.31. The minimum atomic E-state index is -0.0520. The van der Waals surface area contributed by atoms with Gasteiger partial charge in [0, 0.05) is 10.4 Å². The molecule has 0 amide bonds. The summed E-state index contributed by atoms with van der Waals surface area (Å²) in [6.07, 6.45) is 4.18. The number of oxime groups is 1. The predicted molar refractivity (Wildman–Crippen MR) is 75.7 cm³/mol. The van der Waals surface area contributed by atoms with Gasteiger partial charge < -0.3 is 5.21 Å². The molecular weight excluding hydrogens is 246 g/mol. The standard InChI is InChI=1S/C15H20ClNO/c1-11(2)10-14(17-18)15(8-3-9-15)12-4-6-13(16)7-5-12/h4-7,11,18H,3,8-10H2,1-2H3. The first-order chi connectivity index (χ1) is 8.58. The summed E-state index contributed by atoms with van der Waals surface area (Å²) in [6, 6.07) is 7.96. The highest BCUT2D eigenvalue weighted by Gasteiger charge is 2.43. The molecule has 0 aliphatic heterocycles. The highest BCUT2D eigenvalue weighted by atomic mass is 35.5. The maximum atomic E-state index is 9.35. The zero-order valence-corrected chi connectivity index (χ0v) is 11.7. The topological polar surface area (TPSA) is 32.6 Å². The van der Waals surface area contributed by atoms with Crippen LogP contribution < -0.4 is 0 Å². The van der Waals surface area contributed by atoms with Crippen molar-refractivity contribution in [2.75, 3.05) is 0 Å². The molecule has 1 fully saturated rings. The molecule has 0 saturated heterocycles. The van der Waals surface area contributed by atoms with E-state index in [1.54, 1.807) is 0 Å². The SMILES string of the molecule is CC(C)CC(=NO)C1(c2ccc(Cl)cc2)CCC1. The first kappa shape index (κ1) is 13.4. The van der Waals surface area contributed by atoms with Gasteiger partial charge >= 0.3 is 0 Å². The fourth-order valence-electron chi connectivity index (χ4n) is 2.76. The molecule has 1 saturated carbocycles. The van der Waals surface area contributed by atoms with Crippen LogP contribution >= 0.6 is 11.6 Å². The molecule has 0 unspecified atom stereocenters. The molecule has 3 heteroatoms. The Morgan fingerprint density at radius 1 is 1.33 bits per heavy atom. The highest BCUT2D eigenvalue weighted by Crippen LogP contribution is 2.46. The van der Waals surface area contributed by atoms with Crippen molar-refractivity contribution in [2.45, 2.75) is 44.9 Å². The lowest BCUT2D eigenvalue weighted by atomic mass is 9.60. The Bertz CT molecular complexity index is 432. The van der Waals surface area contributed by atoms with E-state index in [1.807, 2.05) is 12.1 Å². The van der Waals surface area contributed by atoms with Crippen molar-refractivity contribution in [1.82, 2.24) is 0 Å². The Labute approximate surface area is 114 Å². The van der Waals surface area contributed by atoms with Gasteiger partial charge in [0.15, 0.2) is 0 Å². The molecule has 0 spiro atoms. The Morgan fingerprint density at radius 3 is 2.33 bits per heavy atom. The van der Waals surface area contributed by atoms with Crippen LogP contribution in [0.2, 0.25) is 5.02 Å². The fraction of sp³-hybridized carbons (Fsp3) is 0.533. The second-order valence-electron chi connectivity index (χ2n) is 5.59. The summed E-state index contributed by atoms with van der Waals surface area (Å²) in [4.78, 5) is 0. The summed E-state index contributed by atoms with van der Waals surface area (Å²) >= 11 is 5.94. The van der Waals surface area contributed by atoms with Gasteiger partial charge in [-0.15, -0.1) is 0 Å². The van der Waals surface area contributed by atoms with Gasteiger partial charge in [-0.25, -0.2) is 0 Å². The van der Waals surface area contributed by atoms with Gasteiger partial charge in [0.2, 0.25) is 0 Å². The number of halogens is 1. The molecule has 18 heavy (non-hydrogen) atoms. The molecule has 0 heterocycles. The molecule has 0 aromatic heterocycles. The van der Waals surface area contributed by atoms with Crippen molar-refractivity contribution < 1.29 is 5.21 Å². The zero-order valence-electron chi connectivity index (χ0n) is 11.0. The number of nitrogens with zero attached hydrogens (tertiary/aromatic N) is 1. The number of hydrogen-bond donors (Lipinski definition) is 1. The maximum Gasteiger partial charge on any atom is 0.0678 e. The predicted octanol–water partition coefficient (Wildman–Crippen LogP) is 4.64. The van der Waals surface area contributed by atoms with E-state index in [0.29, 0.717) is 5.92 Å². The van der Waals surface area contributed by atoms with Gasteiger partial charge in [0.05, 0.1) is 5.71 Å². The lowest BCUT2D eigenvalue weighted by molar-refractivity contribution is 0.282. The molecule has 1 aromatic carbocycles. The summed E-state index contributed by atoms with van der Waals surface area (Å²) in [7, 11) is 0. The Morgan fingerprint density at radius 2 is 1.94 bits per heavy atom. The summed E-state index contributed by atoms with van der Waals surface area (Å²) < 4.78 is 0. The quantitative estimate of drug-likeness (QED) is 0.480. The van der Waals surface area contributed by atoms with Gasteiger partial charge in [0.1, 0.15) is 0 Å². The van der Waals surface area contributed by atoms with E-state index in [-0.39, 0.29) is 5.41 Å². The normalized spacial score (nSPS) is 18.8. The third kappa shape index (κ3) is 2.39. The molecule has 1 aliphatic rings. The van der Waals surface area contributed by atoms with Crippen LogP contribution in [-0.4, -0.2) is 10.9 Å². The van der Waals surface area contributed by atoms with Crippen molar-refractivity contribution in [2.24, 2.45) is 11.1 Å². The molecular formula is C15H20ClNO. The van der Waals surface area contributed by atoms with E-state index in [2.05, 4.69) is 31.1 Å². The van der Waals surface area contributed by atoms with Crippen molar-refractivity contribution in [3.8, 4) is 0 Å². The number of rotatable bonds is 4. The molecule has 0 bridgehead atoms. The average Bonchev–Trinajstić information content (AvgIpc) is 2.28. The molecule has 0 atom stereocenters. The summed E-state index contributed by atoms with van der Waals surface area (Å²) in [6.45, 7) is 4.30. The Kier molecular flexibility index (Phi) is 3.96. The molecule has 2 nitrogen and oxygen atoms in total. The lowest BCUT2D eigenvalue weighted by Gasteiger charge is -2.43. The Balaban J connectivity index is 2.32. The number of benzene rings is 1. The summed E-state index contributed by atoms with van der Waals surface area (Å²) in [5.74, 6) is 0.501. The minimum absolute atomic E-state index is 0.0520. The van der Waals surface area contributed by atoms with E-state index in [4.69, 9.17) is 11.6 Å². The van der Waals surface area contributed by atoms with Crippen LogP contribution in [0.4, 0.5) is 0 Å². The fourth-order valence-corrected chi connectivity index (χ4v) is 2.89. The molecule has 1 aromatic rings. The largest absolute Gasteiger partial charge is 0.411 e. The molecule has 1 aliphatic carbocycles. The van der Waals surface area contributed by atoms with Crippen LogP contribution in [0.5, 0.6) is 0 Å². The monoisotopic (exact) mass is 265 g/mol. The van der Waals surface area contributed by atoms with Crippen LogP contribution in [0, 0.1) is 5.92 Å². The van der Waals surface area contributed by atoms with E-state index >= 15 is 0 Å². The van der Waals surface area contributed by atoms with Crippen molar-refractivity contribution in [3.05, 3.63) is 34.9 Å². The smallest absolute Gasteiger partial charge is 0.0678 e. The lowest BCUT2D eigenvalue weighted by Crippen LogP contribution is -2.43. The molecule has 1 N–H and O–H groups in total. The van der Waals surface area contributed by atoms with Crippen LogP contribution in [0.3, 0.4) is 0 Å². The first-order valence-corrected chi connectivity index (χ1v) is 6.94. The maximum absolute atomic E-state index is 9.35. The van der Waals surface area contributed by atoms with Crippen LogP contribution in [-0.2, 0) is 5.41 Å². The van der Waals surface area contributed by atoms with Gasteiger partial charge in [-0.05, 0) is 42.9 Å². The van der Waals surface area contributed by atoms with E-state index < -0.39 is 0 Å². The third-order valence-corrected chi connectivity index (χ3v) is 4.13.